The highest BCUT2D eigenvalue weighted by Gasteiger charge is 2.35. The maximum atomic E-state index is 14.5. The molecule has 374 valence electrons. The SMILES string of the molecule is C[C@@H](O)[C@H]([NH3+])C(=O)N[C@@H](Cc1ccc(O)cc1)C(=O)N[C@@H](CCCC[NH3+])C(=O)N[C@@H](Cc1ccccc1)C(=O)N[C@@H](Cc1ccccc1)C(=O)N[C@@H](CCC(=O)O)C(=O)N[C@@H](CCC(N)=O)C(=O)O. The van der Waals surface area contributed by atoms with E-state index in [4.69, 9.17) is 5.73 Å². The second kappa shape index (κ2) is 28.7. The van der Waals surface area contributed by atoms with Crippen LogP contribution in [0, 0.1) is 0 Å². The molecule has 0 aliphatic carbocycles. The van der Waals surface area contributed by atoms with Crippen molar-refractivity contribution >= 4 is 53.3 Å². The van der Waals surface area contributed by atoms with Crippen molar-refractivity contribution in [3.8, 4) is 5.75 Å². The van der Waals surface area contributed by atoms with Crippen molar-refractivity contribution in [2.24, 2.45) is 5.73 Å². The van der Waals surface area contributed by atoms with Crippen LogP contribution in [0.25, 0.3) is 0 Å². The number of aliphatic carboxylic acids is 2. The minimum absolute atomic E-state index is 0.0350. The van der Waals surface area contributed by atoms with E-state index in [0.717, 1.165) is 0 Å². The van der Waals surface area contributed by atoms with E-state index in [1.807, 2.05) is 0 Å². The highest BCUT2D eigenvalue weighted by atomic mass is 16.4. The summed E-state index contributed by atoms with van der Waals surface area (Å²) >= 11 is 0. The number of carbonyl (C=O) groups is 9. The molecule has 0 radical (unpaired) electrons. The Balaban J connectivity index is 1.99. The molecule has 0 bridgehead atoms. The lowest BCUT2D eigenvalue weighted by Gasteiger charge is -2.28. The Labute approximate surface area is 398 Å². The lowest BCUT2D eigenvalue weighted by molar-refractivity contribution is -0.419. The summed E-state index contributed by atoms with van der Waals surface area (Å²) in [7, 11) is 0. The number of hydrogen-bond acceptors (Lipinski definition) is 11. The van der Waals surface area contributed by atoms with Gasteiger partial charge in [0, 0.05) is 32.1 Å². The fraction of sp³-hybridized carbons (Fsp3) is 0.426. The first-order valence-electron chi connectivity index (χ1n) is 22.5. The second-order valence-corrected chi connectivity index (χ2v) is 16.6. The van der Waals surface area contributed by atoms with Gasteiger partial charge in [0.2, 0.25) is 35.4 Å². The Hall–Kier alpha value is -7.43. The number of quaternary nitrogens is 2. The molecule has 22 heteroatoms. The topological polar surface area (TPSA) is 388 Å². The maximum Gasteiger partial charge on any atom is 0.326 e. The summed E-state index contributed by atoms with van der Waals surface area (Å²) < 4.78 is 0. The third kappa shape index (κ3) is 20.1. The van der Waals surface area contributed by atoms with Crippen molar-refractivity contribution < 1.29 is 75.0 Å². The largest absolute Gasteiger partial charge is 0.508 e. The van der Waals surface area contributed by atoms with Crippen LogP contribution in [0.5, 0.6) is 5.75 Å². The van der Waals surface area contributed by atoms with E-state index in [1.54, 1.807) is 72.8 Å². The molecule has 3 aromatic carbocycles. The average Bonchev–Trinajstić information content (AvgIpc) is 3.31. The van der Waals surface area contributed by atoms with Gasteiger partial charge in [0.15, 0.2) is 6.04 Å². The van der Waals surface area contributed by atoms with Crippen LogP contribution in [0.15, 0.2) is 84.9 Å². The Morgan fingerprint density at radius 3 is 1.30 bits per heavy atom. The van der Waals surface area contributed by atoms with E-state index in [-0.39, 0.29) is 31.4 Å². The van der Waals surface area contributed by atoms with Crippen LogP contribution < -0.4 is 49.1 Å². The number of hydrogen-bond donors (Lipinski definition) is 13. The molecule has 18 N–H and O–H groups in total. The smallest absolute Gasteiger partial charge is 0.326 e. The maximum absolute atomic E-state index is 14.5. The minimum atomic E-state index is -1.63. The summed E-state index contributed by atoms with van der Waals surface area (Å²) in [5, 5.41) is 54.4. The molecule has 3 rings (SSSR count). The van der Waals surface area contributed by atoms with Crippen molar-refractivity contribution in [1.82, 2.24) is 31.9 Å². The zero-order chi connectivity index (χ0) is 51.0. The van der Waals surface area contributed by atoms with Gasteiger partial charge < -0.3 is 69.5 Å². The molecule has 0 spiro atoms. The summed E-state index contributed by atoms with van der Waals surface area (Å²) in [4.78, 5) is 119. The quantitative estimate of drug-likeness (QED) is 0.0296. The number of nitrogens with two attached hydrogens (primary N) is 1. The van der Waals surface area contributed by atoms with Gasteiger partial charge in [-0.15, -0.1) is 0 Å². The number of carboxylic acids is 2. The Kier molecular flexibility index (Phi) is 23.2. The molecule has 3 aromatic rings. The van der Waals surface area contributed by atoms with Gasteiger partial charge in [-0.2, -0.15) is 0 Å². The number of benzene rings is 3. The number of carbonyl (C=O) groups excluding carboxylic acids is 7. The predicted molar refractivity (Wildman–Crippen MR) is 247 cm³/mol. The first-order valence-corrected chi connectivity index (χ1v) is 22.5. The molecular formula is C47H65N9O13+2. The van der Waals surface area contributed by atoms with E-state index in [0.29, 0.717) is 36.1 Å². The van der Waals surface area contributed by atoms with Gasteiger partial charge in [0.05, 0.1) is 6.54 Å². The van der Waals surface area contributed by atoms with Crippen LogP contribution in [0.3, 0.4) is 0 Å². The number of aliphatic hydroxyl groups is 1. The van der Waals surface area contributed by atoms with Crippen molar-refractivity contribution in [2.45, 2.75) is 120 Å². The molecule has 0 heterocycles. The Morgan fingerprint density at radius 1 is 0.522 bits per heavy atom. The Bertz CT molecular complexity index is 2200. The van der Waals surface area contributed by atoms with Crippen molar-refractivity contribution in [1.29, 1.82) is 0 Å². The van der Waals surface area contributed by atoms with Gasteiger partial charge in [0.1, 0.15) is 48.1 Å². The number of phenolic OH excluding ortho intramolecular Hbond substituents is 1. The van der Waals surface area contributed by atoms with Crippen molar-refractivity contribution in [2.75, 3.05) is 6.54 Å². The number of rotatable bonds is 30. The Morgan fingerprint density at radius 2 is 0.899 bits per heavy atom. The van der Waals surface area contributed by atoms with E-state index in [1.165, 1.54) is 19.1 Å². The fourth-order valence-corrected chi connectivity index (χ4v) is 6.93. The summed E-state index contributed by atoms with van der Waals surface area (Å²) in [6.07, 6.45) is -2.42. The number of nitrogens with one attached hydrogen (secondary N) is 6. The van der Waals surface area contributed by atoms with E-state index < -0.39 is 127 Å². The van der Waals surface area contributed by atoms with Crippen LogP contribution in [-0.2, 0) is 62.4 Å². The lowest BCUT2D eigenvalue weighted by atomic mass is 10.0. The van der Waals surface area contributed by atoms with Crippen LogP contribution in [-0.4, -0.2) is 129 Å². The molecule has 8 atom stereocenters. The molecule has 0 saturated carbocycles. The monoisotopic (exact) mass is 963 g/mol. The summed E-state index contributed by atoms with van der Waals surface area (Å²) in [6.45, 7) is 1.87. The van der Waals surface area contributed by atoms with Crippen LogP contribution in [0.4, 0.5) is 0 Å². The molecule has 0 unspecified atom stereocenters. The number of amides is 7. The summed E-state index contributed by atoms with van der Waals surface area (Å²) in [5.41, 5.74) is 14.4. The molecule has 7 amide bonds. The number of unbranched alkanes of at least 4 members (excludes halogenated alkanes) is 1. The van der Waals surface area contributed by atoms with Gasteiger partial charge in [-0.1, -0.05) is 72.8 Å². The van der Waals surface area contributed by atoms with Gasteiger partial charge in [-0.05, 0) is 67.9 Å². The highest BCUT2D eigenvalue weighted by molar-refractivity contribution is 5.97. The number of phenols is 1. The zero-order valence-electron chi connectivity index (χ0n) is 38.4. The molecule has 0 aliphatic heterocycles. The third-order valence-corrected chi connectivity index (χ3v) is 11.0. The second-order valence-electron chi connectivity index (χ2n) is 16.6. The number of primary amides is 1. The third-order valence-electron chi connectivity index (χ3n) is 11.0. The van der Waals surface area contributed by atoms with E-state index in [9.17, 15) is 63.6 Å². The molecule has 0 aliphatic rings. The van der Waals surface area contributed by atoms with Gasteiger partial charge >= 0.3 is 11.9 Å². The van der Waals surface area contributed by atoms with Gasteiger partial charge in [-0.25, -0.2) is 4.79 Å². The average molecular weight is 964 g/mol. The van der Waals surface area contributed by atoms with Crippen LogP contribution in [0.1, 0.15) is 68.6 Å². The summed E-state index contributed by atoms with van der Waals surface area (Å²) in [6, 6.07) is 13.0. The predicted octanol–water partition coefficient (Wildman–Crippen LogP) is -3.05. The first kappa shape index (κ1) is 55.9. The van der Waals surface area contributed by atoms with Crippen LogP contribution in [0.2, 0.25) is 0 Å². The fourth-order valence-electron chi connectivity index (χ4n) is 6.93. The lowest BCUT2D eigenvalue weighted by Crippen LogP contribution is -2.73. The minimum Gasteiger partial charge on any atom is -0.508 e. The zero-order valence-corrected chi connectivity index (χ0v) is 38.4. The number of aliphatic hydroxyl groups excluding tert-OH is 1. The highest BCUT2D eigenvalue weighted by Crippen LogP contribution is 2.14. The van der Waals surface area contributed by atoms with Crippen molar-refractivity contribution in [3.05, 3.63) is 102 Å². The number of carboxylic acid groups (broad SMARTS) is 2. The molecule has 0 saturated heterocycles. The van der Waals surface area contributed by atoms with Gasteiger partial charge in [-0.3, -0.25) is 38.4 Å². The van der Waals surface area contributed by atoms with E-state index in [2.05, 4.69) is 43.4 Å². The standard InChI is InChI=1S/C47H63N9O13/c1-27(57)40(50)46(67)56-37(26-30-15-17-31(58)18-16-30)44(65)51-32(14-8-9-23-48)41(62)54-36(25-29-12-6-3-7-13-29)45(66)55-35(24-28-10-4-2-5-11-28)43(64)52-33(20-22-39(60)61)42(63)53-34(47(68)69)19-21-38(49)59/h2-7,10-13,15-18,27,32-37,40,57-58H,8-9,14,19-26,48,50H2,1H3,(H2,49,59)(H,51,65)(H,52,64)(H,53,63)(H,54,62)(H,55,66)(H,56,67)(H,60,61)(H,68,69)/p+2/t27-,32+,33+,34+,35+,36+,37+,40+/m1/s1. The van der Waals surface area contributed by atoms with Crippen molar-refractivity contribution in [3.63, 3.8) is 0 Å². The molecular weight excluding hydrogens is 899 g/mol. The normalized spacial score (nSPS) is 14.4. The summed E-state index contributed by atoms with van der Waals surface area (Å²) in [5.74, 6) is -8.95. The molecule has 0 fully saturated rings. The van der Waals surface area contributed by atoms with E-state index >= 15 is 0 Å². The molecule has 0 aromatic heterocycles. The van der Waals surface area contributed by atoms with Crippen LogP contribution >= 0.6 is 0 Å². The number of aromatic hydroxyl groups is 1. The molecule has 22 nitrogen and oxygen atoms in total. The van der Waals surface area contributed by atoms with Gasteiger partial charge in [0.25, 0.3) is 5.91 Å². The molecule has 69 heavy (non-hydrogen) atoms. The first-order chi connectivity index (χ1) is 32.8.